The van der Waals surface area contributed by atoms with E-state index < -0.39 is 0 Å². The van der Waals surface area contributed by atoms with Gasteiger partial charge in [-0.15, -0.1) is 0 Å². The second-order valence-corrected chi connectivity index (χ2v) is 8.46. The van der Waals surface area contributed by atoms with Gasteiger partial charge in [0, 0.05) is 54.5 Å². The summed E-state index contributed by atoms with van der Waals surface area (Å²) in [7, 11) is 0. The molecule has 1 aromatic heterocycles. The molecule has 0 radical (unpaired) electrons. The van der Waals surface area contributed by atoms with Crippen LogP contribution in [0.4, 0.5) is 16.2 Å². The number of aryl methyl sites for hydroxylation is 1. The van der Waals surface area contributed by atoms with Crippen LogP contribution in [0.25, 0.3) is 11.5 Å². The molecule has 156 valence electrons. The second-order valence-electron chi connectivity index (χ2n) is 7.24. The van der Waals surface area contributed by atoms with Crippen molar-refractivity contribution >= 4 is 29.2 Å². The minimum Gasteiger partial charge on any atom is -0.444 e. The summed E-state index contributed by atoms with van der Waals surface area (Å²) in [6, 6.07) is 15.8. The molecule has 1 aliphatic heterocycles. The van der Waals surface area contributed by atoms with Crippen LogP contribution < -0.4 is 15.5 Å². The molecule has 0 saturated carbocycles. The average molecular weight is 423 g/mol. The van der Waals surface area contributed by atoms with Crippen molar-refractivity contribution in [2.75, 3.05) is 41.4 Å². The maximum atomic E-state index is 12.3. The minimum atomic E-state index is -0.216. The number of thioether (sulfide) groups is 1. The Morgan fingerprint density at radius 1 is 1.17 bits per heavy atom. The Balaban J connectivity index is 1.26. The van der Waals surface area contributed by atoms with Crippen molar-refractivity contribution < 1.29 is 9.21 Å². The summed E-state index contributed by atoms with van der Waals surface area (Å²) in [5.74, 6) is 2.93. The van der Waals surface area contributed by atoms with Crippen molar-refractivity contribution in [3.8, 4) is 11.5 Å². The molecule has 6 nitrogen and oxygen atoms in total. The predicted molar refractivity (Wildman–Crippen MR) is 123 cm³/mol. The summed E-state index contributed by atoms with van der Waals surface area (Å²) in [4.78, 5) is 19.2. The molecule has 2 heterocycles. The van der Waals surface area contributed by atoms with E-state index in [0.29, 0.717) is 18.9 Å². The number of aromatic nitrogens is 1. The Hall–Kier alpha value is -2.93. The Morgan fingerprint density at radius 3 is 2.73 bits per heavy atom. The van der Waals surface area contributed by atoms with E-state index in [1.165, 1.54) is 17.2 Å². The van der Waals surface area contributed by atoms with Gasteiger partial charge in [0.1, 0.15) is 6.26 Å². The molecule has 1 fully saturated rings. The summed E-state index contributed by atoms with van der Waals surface area (Å²) in [5.41, 5.74) is 4.87. The quantitative estimate of drug-likeness (QED) is 0.609. The van der Waals surface area contributed by atoms with Crippen molar-refractivity contribution in [3.63, 3.8) is 0 Å². The van der Waals surface area contributed by atoms with E-state index in [2.05, 4.69) is 32.7 Å². The zero-order valence-corrected chi connectivity index (χ0v) is 17.9. The highest BCUT2D eigenvalue weighted by atomic mass is 32.2. The number of hydrogen-bond donors (Lipinski definition) is 2. The Labute approximate surface area is 181 Å². The standard InChI is InChI=1S/C23H26N4O2S/c1-17-15-20(27-11-13-30-14-12-27)7-8-21(17)26-23(28)24-10-9-19-16-29-22(25-19)18-5-3-2-4-6-18/h2-8,15-16H,9-14H2,1H3,(H2,24,26,28). The van der Waals surface area contributed by atoms with Gasteiger partial charge >= 0.3 is 6.03 Å². The molecule has 1 saturated heterocycles. The number of anilines is 2. The average Bonchev–Trinajstić information content (AvgIpc) is 3.25. The molecule has 0 aliphatic carbocycles. The lowest BCUT2D eigenvalue weighted by Gasteiger charge is -2.29. The smallest absolute Gasteiger partial charge is 0.319 e. The third-order valence-corrected chi connectivity index (χ3v) is 6.02. The molecular formula is C23H26N4O2S. The molecule has 0 bridgehead atoms. The molecular weight excluding hydrogens is 396 g/mol. The molecule has 4 rings (SSSR count). The molecule has 2 N–H and O–H groups in total. The normalized spacial score (nSPS) is 13.8. The fourth-order valence-electron chi connectivity index (χ4n) is 3.41. The number of oxazole rings is 1. The largest absolute Gasteiger partial charge is 0.444 e. The van der Waals surface area contributed by atoms with Crippen LogP contribution in [-0.4, -0.2) is 42.2 Å². The third-order valence-electron chi connectivity index (χ3n) is 5.07. The number of nitrogens with zero attached hydrogens (tertiary/aromatic N) is 2. The maximum absolute atomic E-state index is 12.3. The topological polar surface area (TPSA) is 70.4 Å². The van der Waals surface area contributed by atoms with E-state index in [9.17, 15) is 4.79 Å². The third kappa shape index (κ3) is 5.16. The number of nitrogens with one attached hydrogen (secondary N) is 2. The Kier molecular flexibility index (Phi) is 6.59. The summed E-state index contributed by atoms with van der Waals surface area (Å²) in [6.45, 7) is 4.66. The van der Waals surface area contributed by atoms with Crippen LogP contribution in [0.15, 0.2) is 59.2 Å². The SMILES string of the molecule is Cc1cc(N2CCSCC2)ccc1NC(=O)NCCc1coc(-c2ccccc2)n1. The summed E-state index contributed by atoms with van der Waals surface area (Å²) >= 11 is 2.00. The number of carbonyl (C=O) groups excluding carboxylic acids is 1. The van der Waals surface area contributed by atoms with Gasteiger partial charge < -0.3 is 20.0 Å². The van der Waals surface area contributed by atoms with E-state index in [4.69, 9.17) is 4.42 Å². The second kappa shape index (κ2) is 9.71. The Bertz CT molecular complexity index is 984. The highest BCUT2D eigenvalue weighted by Gasteiger charge is 2.13. The van der Waals surface area contributed by atoms with Gasteiger partial charge in [0.15, 0.2) is 0 Å². The van der Waals surface area contributed by atoms with Gasteiger partial charge in [0.05, 0.1) is 5.69 Å². The van der Waals surface area contributed by atoms with Gasteiger partial charge in [-0.3, -0.25) is 0 Å². The van der Waals surface area contributed by atoms with Crippen LogP contribution in [0.1, 0.15) is 11.3 Å². The van der Waals surface area contributed by atoms with Crippen LogP contribution in [0.2, 0.25) is 0 Å². The maximum Gasteiger partial charge on any atom is 0.319 e. The number of rotatable bonds is 6. The van der Waals surface area contributed by atoms with Crippen LogP contribution in [0.3, 0.4) is 0 Å². The summed E-state index contributed by atoms with van der Waals surface area (Å²) < 4.78 is 5.54. The van der Waals surface area contributed by atoms with Gasteiger partial charge in [-0.1, -0.05) is 18.2 Å². The van der Waals surface area contributed by atoms with Gasteiger partial charge in [0.25, 0.3) is 0 Å². The van der Waals surface area contributed by atoms with E-state index in [-0.39, 0.29) is 6.03 Å². The zero-order valence-electron chi connectivity index (χ0n) is 17.1. The number of amides is 2. The first-order chi connectivity index (χ1) is 14.7. The first-order valence-corrected chi connectivity index (χ1v) is 11.3. The molecule has 0 spiro atoms. The van der Waals surface area contributed by atoms with Crippen LogP contribution in [0, 0.1) is 6.92 Å². The molecule has 2 amide bonds. The van der Waals surface area contributed by atoms with Crippen molar-refractivity contribution in [1.82, 2.24) is 10.3 Å². The van der Waals surface area contributed by atoms with Crippen molar-refractivity contribution in [2.45, 2.75) is 13.3 Å². The molecule has 30 heavy (non-hydrogen) atoms. The molecule has 2 aromatic carbocycles. The van der Waals surface area contributed by atoms with Crippen molar-refractivity contribution in [2.24, 2.45) is 0 Å². The Morgan fingerprint density at radius 2 is 1.97 bits per heavy atom. The van der Waals surface area contributed by atoms with Gasteiger partial charge in [-0.2, -0.15) is 11.8 Å². The first-order valence-electron chi connectivity index (χ1n) is 10.2. The highest BCUT2D eigenvalue weighted by molar-refractivity contribution is 7.99. The number of hydrogen-bond acceptors (Lipinski definition) is 5. The molecule has 0 atom stereocenters. The highest BCUT2D eigenvalue weighted by Crippen LogP contribution is 2.25. The summed E-state index contributed by atoms with van der Waals surface area (Å²) in [5, 5.41) is 5.83. The van der Waals surface area contributed by atoms with E-state index in [1.54, 1.807) is 6.26 Å². The van der Waals surface area contributed by atoms with Crippen LogP contribution in [-0.2, 0) is 6.42 Å². The van der Waals surface area contributed by atoms with E-state index in [0.717, 1.165) is 35.6 Å². The van der Waals surface area contributed by atoms with Crippen molar-refractivity contribution in [3.05, 3.63) is 66.1 Å². The van der Waals surface area contributed by atoms with Crippen molar-refractivity contribution in [1.29, 1.82) is 0 Å². The number of urea groups is 1. The molecule has 7 heteroatoms. The van der Waals surface area contributed by atoms with Gasteiger partial charge in [-0.05, 0) is 42.8 Å². The first kappa shape index (κ1) is 20.3. The fourth-order valence-corrected chi connectivity index (χ4v) is 4.32. The predicted octanol–water partition coefficient (Wildman–Crippen LogP) is 4.57. The van der Waals surface area contributed by atoms with Crippen LogP contribution >= 0.6 is 11.8 Å². The van der Waals surface area contributed by atoms with Gasteiger partial charge in [-0.25, -0.2) is 9.78 Å². The lowest BCUT2D eigenvalue weighted by Crippen LogP contribution is -2.32. The molecule has 1 aliphatic rings. The molecule has 3 aromatic rings. The lowest BCUT2D eigenvalue weighted by molar-refractivity contribution is 0.252. The monoisotopic (exact) mass is 422 g/mol. The van der Waals surface area contributed by atoms with E-state index in [1.807, 2.05) is 55.1 Å². The summed E-state index contributed by atoms with van der Waals surface area (Å²) in [6.07, 6.45) is 2.25. The fraction of sp³-hybridized carbons (Fsp3) is 0.304. The van der Waals surface area contributed by atoms with Crippen LogP contribution in [0.5, 0.6) is 0 Å². The van der Waals surface area contributed by atoms with Gasteiger partial charge in [0.2, 0.25) is 5.89 Å². The minimum absolute atomic E-state index is 0.216. The number of benzene rings is 2. The number of carbonyl (C=O) groups is 1. The lowest BCUT2D eigenvalue weighted by atomic mass is 10.1. The zero-order chi connectivity index (χ0) is 20.8. The molecule has 0 unspecified atom stereocenters. The van der Waals surface area contributed by atoms with E-state index >= 15 is 0 Å².